The Balaban J connectivity index is 1.46. The van der Waals surface area contributed by atoms with Crippen LogP contribution in [-0.2, 0) is 25.6 Å². The number of benzene rings is 2. The average Bonchev–Trinajstić information content (AvgIpc) is 3.01. The number of methoxy groups -OCH3 is 2. The van der Waals surface area contributed by atoms with Gasteiger partial charge in [0.15, 0.2) is 0 Å². The van der Waals surface area contributed by atoms with Crippen molar-refractivity contribution in [1.82, 2.24) is 5.32 Å². The standard InChI is InChI=1S/C32H48N2O7/c1-4-26(35)23-41-31-21-33-20-30(32(31)25-8-10-27(11-9-25)38-17-6-16-37-3)40-22-24-7-12-29-28(19-24)34(14-18-39-29)13-5-15-36-2/h7-12,19,26,30-33,35H,4-6,13-18,20-23H2,1-3H3/t26-,30?,31-,32-/m1/s1. The number of rotatable bonds is 17. The second kappa shape index (κ2) is 16.9. The Morgan fingerprint density at radius 3 is 2.49 bits per heavy atom. The summed E-state index contributed by atoms with van der Waals surface area (Å²) in [4.78, 5) is 2.37. The second-order valence-corrected chi connectivity index (χ2v) is 10.7. The lowest BCUT2D eigenvalue weighted by Gasteiger charge is -2.39. The summed E-state index contributed by atoms with van der Waals surface area (Å²) in [5.74, 6) is 1.76. The van der Waals surface area contributed by atoms with Gasteiger partial charge in [0, 0.05) is 59.4 Å². The highest BCUT2D eigenvalue weighted by atomic mass is 16.5. The van der Waals surface area contributed by atoms with E-state index in [1.807, 2.05) is 19.1 Å². The Labute approximate surface area is 245 Å². The molecule has 2 aliphatic rings. The van der Waals surface area contributed by atoms with Gasteiger partial charge in [0.25, 0.3) is 0 Å². The van der Waals surface area contributed by atoms with Gasteiger partial charge in [-0.2, -0.15) is 0 Å². The third-order valence-corrected chi connectivity index (χ3v) is 7.72. The van der Waals surface area contributed by atoms with E-state index in [9.17, 15) is 5.11 Å². The molecule has 0 bridgehead atoms. The van der Waals surface area contributed by atoms with Gasteiger partial charge in [-0.25, -0.2) is 0 Å². The molecule has 0 radical (unpaired) electrons. The third kappa shape index (κ3) is 9.30. The van der Waals surface area contributed by atoms with Gasteiger partial charge in [0.1, 0.15) is 18.1 Å². The molecule has 1 fully saturated rings. The van der Waals surface area contributed by atoms with Crippen molar-refractivity contribution in [1.29, 1.82) is 0 Å². The number of hydrogen-bond acceptors (Lipinski definition) is 9. The van der Waals surface area contributed by atoms with Crippen molar-refractivity contribution in [2.45, 2.75) is 57.0 Å². The maximum atomic E-state index is 10.2. The monoisotopic (exact) mass is 572 g/mol. The van der Waals surface area contributed by atoms with Crippen molar-refractivity contribution in [2.24, 2.45) is 0 Å². The van der Waals surface area contributed by atoms with Crippen LogP contribution in [0, 0.1) is 0 Å². The van der Waals surface area contributed by atoms with E-state index in [-0.39, 0.29) is 18.1 Å². The van der Waals surface area contributed by atoms with E-state index in [1.54, 1.807) is 14.2 Å². The largest absolute Gasteiger partial charge is 0.494 e. The minimum Gasteiger partial charge on any atom is -0.494 e. The summed E-state index contributed by atoms with van der Waals surface area (Å²) in [6.07, 6.45) is 1.76. The number of nitrogens with one attached hydrogen (secondary N) is 1. The summed E-state index contributed by atoms with van der Waals surface area (Å²) in [6, 6.07) is 14.6. The van der Waals surface area contributed by atoms with E-state index < -0.39 is 6.10 Å². The molecule has 2 aliphatic heterocycles. The maximum absolute atomic E-state index is 10.2. The molecule has 0 aromatic heterocycles. The zero-order valence-electron chi connectivity index (χ0n) is 24.9. The molecule has 9 heteroatoms. The third-order valence-electron chi connectivity index (χ3n) is 7.72. The molecule has 228 valence electrons. The summed E-state index contributed by atoms with van der Waals surface area (Å²) < 4.78 is 35.1. The van der Waals surface area contributed by atoms with Gasteiger partial charge in [0.05, 0.1) is 50.4 Å². The van der Waals surface area contributed by atoms with Crippen molar-refractivity contribution < 1.29 is 33.5 Å². The topological polar surface area (TPSA) is 90.9 Å². The van der Waals surface area contributed by atoms with Crippen molar-refractivity contribution in [3.8, 4) is 11.5 Å². The summed E-state index contributed by atoms with van der Waals surface area (Å²) in [5.41, 5.74) is 3.36. The van der Waals surface area contributed by atoms with Gasteiger partial charge in [-0.05, 0) is 48.2 Å². The van der Waals surface area contributed by atoms with E-state index in [0.29, 0.717) is 52.5 Å². The quantitative estimate of drug-likeness (QED) is 0.275. The fourth-order valence-corrected chi connectivity index (χ4v) is 5.39. The first-order valence-corrected chi connectivity index (χ1v) is 15.0. The molecule has 9 nitrogen and oxygen atoms in total. The number of hydrogen-bond donors (Lipinski definition) is 2. The van der Waals surface area contributed by atoms with Gasteiger partial charge in [-0.3, -0.25) is 0 Å². The first-order valence-electron chi connectivity index (χ1n) is 15.0. The van der Waals surface area contributed by atoms with Crippen LogP contribution in [0.15, 0.2) is 42.5 Å². The lowest BCUT2D eigenvalue weighted by molar-refractivity contribution is -0.0777. The van der Waals surface area contributed by atoms with Crippen molar-refractivity contribution >= 4 is 5.69 Å². The minimum absolute atomic E-state index is 0.00866. The van der Waals surface area contributed by atoms with Gasteiger partial charge >= 0.3 is 0 Å². The molecule has 0 aliphatic carbocycles. The molecular weight excluding hydrogens is 524 g/mol. The van der Waals surface area contributed by atoms with E-state index >= 15 is 0 Å². The number of aliphatic hydroxyl groups is 1. The first-order chi connectivity index (χ1) is 20.1. The molecule has 2 N–H and O–H groups in total. The molecule has 2 aromatic rings. The molecular formula is C32H48N2O7. The average molecular weight is 573 g/mol. The molecule has 4 rings (SSSR count). The summed E-state index contributed by atoms with van der Waals surface area (Å²) in [7, 11) is 3.44. The predicted molar refractivity (Wildman–Crippen MR) is 159 cm³/mol. The van der Waals surface area contributed by atoms with E-state index in [2.05, 4.69) is 40.5 Å². The van der Waals surface area contributed by atoms with Crippen LogP contribution in [0.3, 0.4) is 0 Å². The number of fused-ring (bicyclic) bond motifs is 1. The van der Waals surface area contributed by atoms with Gasteiger partial charge < -0.3 is 43.7 Å². The van der Waals surface area contributed by atoms with Crippen molar-refractivity contribution in [2.75, 3.05) is 78.3 Å². The highest BCUT2D eigenvalue weighted by molar-refractivity contribution is 5.61. The summed E-state index contributed by atoms with van der Waals surface area (Å²) >= 11 is 0. The van der Waals surface area contributed by atoms with E-state index in [1.165, 1.54) is 0 Å². The molecule has 41 heavy (non-hydrogen) atoms. The maximum Gasteiger partial charge on any atom is 0.142 e. The number of ether oxygens (including phenoxy) is 6. The van der Waals surface area contributed by atoms with Crippen LogP contribution in [0.25, 0.3) is 0 Å². The molecule has 0 spiro atoms. The van der Waals surface area contributed by atoms with Gasteiger partial charge in [-0.1, -0.05) is 25.1 Å². The molecule has 2 aromatic carbocycles. The highest BCUT2D eigenvalue weighted by Crippen LogP contribution is 2.35. The van der Waals surface area contributed by atoms with E-state index in [0.717, 1.165) is 60.9 Å². The number of aliphatic hydroxyl groups excluding tert-OH is 1. The summed E-state index contributed by atoms with van der Waals surface area (Å²) in [5, 5.41) is 13.7. The lowest BCUT2D eigenvalue weighted by atomic mass is 9.85. The van der Waals surface area contributed by atoms with Crippen molar-refractivity contribution in [3.05, 3.63) is 53.6 Å². The second-order valence-electron chi connectivity index (χ2n) is 10.7. The van der Waals surface area contributed by atoms with Crippen LogP contribution in [-0.4, -0.2) is 96.9 Å². The molecule has 1 saturated heterocycles. The Morgan fingerprint density at radius 1 is 0.976 bits per heavy atom. The first kappa shape index (κ1) is 31.5. The van der Waals surface area contributed by atoms with Crippen LogP contribution in [0.1, 0.15) is 43.2 Å². The fraction of sp³-hybridized carbons (Fsp3) is 0.625. The van der Waals surface area contributed by atoms with Crippen LogP contribution < -0.4 is 19.7 Å². The Kier molecular flexibility index (Phi) is 13.0. The number of piperidine rings is 1. The fourth-order valence-electron chi connectivity index (χ4n) is 5.39. The van der Waals surface area contributed by atoms with Gasteiger partial charge in [0.2, 0.25) is 0 Å². The Bertz CT molecular complexity index is 1020. The number of nitrogens with zero attached hydrogens (tertiary/aromatic N) is 1. The Morgan fingerprint density at radius 2 is 1.73 bits per heavy atom. The van der Waals surface area contributed by atoms with Crippen molar-refractivity contribution in [3.63, 3.8) is 0 Å². The van der Waals surface area contributed by atoms with Crippen LogP contribution >= 0.6 is 0 Å². The molecule has 1 unspecified atom stereocenters. The van der Waals surface area contributed by atoms with Crippen LogP contribution in [0.2, 0.25) is 0 Å². The van der Waals surface area contributed by atoms with E-state index in [4.69, 9.17) is 28.4 Å². The van der Waals surface area contributed by atoms with Gasteiger partial charge in [-0.15, -0.1) is 0 Å². The predicted octanol–water partition coefficient (Wildman–Crippen LogP) is 3.77. The zero-order chi connectivity index (χ0) is 28.9. The minimum atomic E-state index is -0.482. The highest BCUT2D eigenvalue weighted by Gasteiger charge is 2.36. The normalized spacial score (nSPS) is 21.3. The zero-order valence-corrected chi connectivity index (χ0v) is 24.9. The molecule has 2 heterocycles. The lowest BCUT2D eigenvalue weighted by Crippen LogP contribution is -2.51. The smallest absolute Gasteiger partial charge is 0.142 e. The molecule has 4 atom stereocenters. The van der Waals surface area contributed by atoms with Crippen LogP contribution in [0.5, 0.6) is 11.5 Å². The number of anilines is 1. The molecule has 0 amide bonds. The Hall–Kier alpha value is -2.40. The molecule has 0 saturated carbocycles. The summed E-state index contributed by atoms with van der Waals surface area (Å²) in [6.45, 7) is 8.67. The SMILES string of the molecule is CC[C@@H](O)CO[C@@H]1CNCC(OCc2ccc3c(c2)N(CCCOC)CCO3)[C@H]1c1ccc(OCCCOC)cc1. The van der Waals surface area contributed by atoms with Crippen LogP contribution in [0.4, 0.5) is 5.69 Å².